The van der Waals surface area contributed by atoms with Gasteiger partial charge in [-0.15, -0.1) is 0 Å². The van der Waals surface area contributed by atoms with E-state index in [0.29, 0.717) is 0 Å². The highest BCUT2D eigenvalue weighted by Crippen LogP contribution is 2.26. The third-order valence-electron chi connectivity index (χ3n) is 3.82. The fourth-order valence-electron chi connectivity index (χ4n) is 2.73. The zero-order chi connectivity index (χ0) is 12.7. The smallest absolute Gasteiger partial charge is 0.251 e. The topological polar surface area (TPSA) is 49.4 Å². The molecule has 2 amide bonds. The molecule has 0 bridgehead atoms. The Hall–Kier alpha value is -1.84. The van der Waals surface area contributed by atoms with Crippen molar-refractivity contribution in [2.24, 2.45) is 0 Å². The Kier molecular flexibility index (Phi) is 2.58. The molecule has 2 aliphatic rings. The summed E-state index contributed by atoms with van der Waals surface area (Å²) in [5.74, 6) is -0.251. The van der Waals surface area contributed by atoms with E-state index in [9.17, 15) is 9.59 Å². The molecule has 4 heteroatoms. The van der Waals surface area contributed by atoms with E-state index in [2.05, 4.69) is 17.4 Å². The number of fused-ring (bicyclic) bond motifs is 1. The highest BCUT2D eigenvalue weighted by molar-refractivity contribution is 6.06. The minimum atomic E-state index is -0.401. The number of nitrogens with zero attached hydrogens (tertiary/aromatic N) is 1. The zero-order valence-electron chi connectivity index (χ0n) is 10.4. The van der Waals surface area contributed by atoms with Crippen molar-refractivity contribution >= 4 is 17.5 Å². The number of carbonyl (C=O) groups is 2. The van der Waals surface area contributed by atoms with Gasteiger partial charge in [0.1, 0.15) is 6.04 Å². The van der Waals surface area contributed by atoms with Gasteiger partial charge in [0.25, 0.3) is 5.91 Å². The van der Waals surface area contributed by atoms with Crippen LogP contribution in [-0.2, 0) is 22.4 Å². The van der Waals surface area contributed by atoms with Crippen LogP contribution in [0, 0.1) is 0 Å². The van der Waals surface area contributed by atoms with E-state index in [1.165, 1.54) is 29.5 Å². The molecular weight excluding hydrogens is 228 g/mol. The van der Waals surface area contributed by atoms with Gasteiger partial charge in [0.05, 0.1) is 6.42 Å². The lowest BCUT2D eigenvalue weighted by molar-refractivity contribution is -0.136. The van der Waals surface area contributed by atoms with Crippen LogP contribution >= 0.6 is 0 Å². The van der Waals surface area contributed by atoms with Crippen LogP contribution in [0.25, 0.3) is 0 Å². The van der Waals surface area contributed by atoms with E-state index < -0.39 is 6.04 Å². The largest absolute Gasteiger partial charge is 0.373 e. The number of likely N-dealkylation sites (N-methyl/N-ethyl adjacent to an activating group) is 1. The van der Waals surface area contributed by atoms with Crippen LogP contribution in [0.5, 0.6) is 0 Å². The average Bonchev–Trinajstić information content (AvgIpc) is 2.91. The second-order valence-corrected chi connectivity index (χ2v) is 5.03. The van der Waals surface area contributed by atoms with Gasteiger partial charge in [-0.25, -0.2) is 0 Å². The molecule has 0 aromatic heterocycles. The molecule has 4 nitrogen and oxygen atoms in total. The predicted molar refractivity (Wildman–Crippen MR) is 68.3 cm³/mol. The minimum Gasteiger partial charge on any atom is -0.373 e. The molecule has 18 heavy (non-hydrogen) atoms. The lowest BCUT2D eigenvalue weighted by Crippen LogP contribution is -2.31. The number of nitrogens with one attached hydrogen (secondary N) is 1. The van der Waals surface area contributed by atoms with Crippen LogP contribution in [0.15, 0.2) is 18.2 Å². The first kappa shape index (κ1) is 11.3. The van der Waals surface area contributed by atoms with E-state index in [1.807, 2.05) is 6.07 Å². The summed E-state index contributed by atoms with van der Waals surface area (Å²) in [4.78, 5) is 24.4. The maximum absolute atomic E-state index is 11.8. The number of imide groups is 1. The van der Waals surface area contributed by atoms with Crippen LogP contribution in [0.4, 0.5) is 5.69 Å². The summed E-state index contributed by atoms with van der Waals surface area (Å²) in [6.45, 7) is 0. The third-order valence-corrected chi connectivity index (χ3v) is 3.82. The number of anilines is 1. The number of carbonyl (C=O) groups excluding carboxylic acids is 2. The van der Waals surface area contributed by atoms with Crippen LogP contribution in [-0.4, -0.2) is 29.8 Å². The van der Waals surface area contributed by atoms with Gasteiger partial charge in [0.15, 0.2) is 0 Å². The molecule has 3 rings (SSSR count). The Morgan fingerprint density at radius 3 is 2.72 bits per heavy atom. The normalized spacial score (nSPS) is 22.5. The highest BCUT2D eigenvalue weighted by atomic mass is 16.2. The van der Waals surface area contributed by atoms with Gasteiger partial charge in [0, 0.05) is 12.7 Å². The number of benzene rings is 1. The maximum Gasteiger partial charge on any atom is 0.251 e. The van der Waals surface area contributed by atoms with Crippen molar-refractivity contribution in [3.8, 4) is 0 Å². The van der Waals surface area contributed by atoms with Crippen molar-refractivity contribution in [1.29, 1.82) is 0 Å². The van der Waals surface area contributed by atoms with Gasteiger partial charge in [-0.1, -0.05) is 6.07 Å². The average molecular weight is 244 g/mol. The standard InChI is InChI=1S/C14H16N2O2/c1-16-13(17)8-12(14(16)18)15-11-6-5-9-3-2-4-10(9)7-11/h5-7,12,15H,2-4,8H2,1H3/t12-/m0/s1. The number of likely N-dealkylation sites (tertiary alicyclic amines) is 1. The SMILES string of the molecule is CN1C(=O)C[C@H](Nc2ccc3c(c2)CCC3)C1=O. The quantitative estimate of drug-likeness (QED) is 0.799. The summed E-state index contributed by atoms with van der Waals surface area (Å²) in [7, 11) is 1.54. The van der Waals surface area contributed by atoms with Crippen molar-refractivity contribution in [2.45, 2.75) is 31.7 Å². The fourth-order valence-corrected chi connectivity index (χ4v) is 2.73. The van der Waals surface area contributed by atoms with Crippen molar-refractivity contribution in [3.05, 3.63) is 29.3 Å². The molecule has 1 saturated heterocycles. The first-order valence-electron chi connectivity index (χ1n) is 6.34. The minimum absolute atomic E-state index is 0.112. The van der Waals surface area contributed by atoms with E-state index in [0.717, 1.165) is 18.5 Å². The Bertz CT molecular complexity index is 525. The summed E-state index contributed by atoms with van der Waals surface area (Å²) >= 11 is 0. The number of hydrogen-bond acceptors (Lipinski definition) is 3. The molecule has 0 unspecified atom stereocenters. The van der Waals surface area contributed by atoms with Crippen LogP contribution in [0.2, 0.25) is 0 Å². The van der Waals surface area contributed by atoms with Gasteiger partial charge in [-0.3, -0.25) is 14.5 Å². The molecule has 1 heterocycles. The zero-order valence-corrected chi connectivity index (χ0v) is 10.4. The summed E-state index contributed by atoms with van der Waals surface area (Å²) in [5, 5.41) is 3.17. The van der Waals surface area contributed by atoms with Gasteiger partial charge in [-0.2, -0.15) is 0 Å². The monoisotopic (exact) mass is 244 g/mol. The molecule has 1 aliphatic heterocycles. The summed E-state index contributed by atoms with van der Waals surface area (Å²) in [6, 6.07) is 5.83. The Balaban J connectivity index is 1.77. The van der Waals surface area contributed by atoms with Crippen molar-refractivity contribution < 1.29 is 9.59 Å². The van der Waals surface area contributed by atoms with E-state index in [4.69, 9.17) is 0 Å². The molecule has 0 saturated carbocycles. The summed E-state index contributed by atoms with van der Waals surface area (Å²) < 4.78 is 0. The molecule has 1 fully saturated rings. The third kappa shape index (κ3) is 1.78. The number of aryl methyl sites for hydroxylation is 2. The summed E-state index contributed by atoms with van der Waals surface area (Å²) in [6.07, 6.45) is 3.73. The van der Waals surface area contributed by atoms with Gasteiger partial charge < -0.3 is 5.32 Å². The van der Waals surface area contributed by atoms with Crippen LogP contribution in [0.1, 0.15) is 24.0 Å². The molecule has 0 spiro atoms. The number of rotatable bonds is 2. The van der Waals surface area contributed by atoms with E-state index >= 15 is 0 Å². The van der Waals surface area contributed by atoms with Crippen LogP contribution < -0.4 is 5.32 Å². The Labute approximate surface area is 106 Å². The maximum atomic E-state index is 11.8. The molecule has 1 aromatic rings. The second kappa shape index (κ2) is 4.12. The molecule has 1 N–H and O–H groups in total. The fraction of sp³-hybridized carbons (Fsp3) is 0.429. The number of amides is 2. The van der Waals surface area contributed by atoms with Crippen molar-refractivity contribution in [3.63, 3.8) is 0 Å². The van der Waals surface area contributed by atoms with Gasteiger partial charge >= 0.3 is 0 Å². The Morgan fingerprint density at radius 2 is 2.00 bits per heavy atom. The Morgan fingerprint density at radius 1 is 1.22 bits per heavy atom. The van der Waals surface area contributed by atoms with E-state index in [-0.39, 0.29) is 18.2 Å². The van der Waals surface area contributed by atoms with Gasteiger partial charge in [-0.05, 0) is 42.5 Å². The van der Waals surface area contributed by atoms with E-state index in [1.54, 1.807) is 0 Å². The molecule has 0 radical (unpaired) electrons. The number of hydrogen-bond donors (Lipinski definition) is 1. The van der Waals surface area contributed by atoms with Gasteiger partial charge in [0.2, 0.25) is 5.91 Å². The molecule has 1 aromatic carbocycles. The lowest BCUT2D eigenvalue weighted by atomic mass is 10.1. The van der Waals surface area contributed by atoms with Crippen LogP contribution in [0.3, 0.4) is 0 Å². The predicted octanol–water partition coefficient (Wildman–Crippen LogP) is 1.34. The lowest BCUT2D eigenvalue weighted by Gasteiger charge is -2.13. The molecule has 1 aliphatic carbocycles. The first-order chi connectivity index (χ1) is 8.65. The first-order valence-corrected chi connectivity index (χ1v) is 6.34. The van der Waals surface area contributed by atoms with Crippen molar-refractivity contribution in [2.75, 3.05) is 12.4 Å². The molecule has 1 atom stereocenters. The molecule has 94 valence electrons. The molecular formula is C14H16N2O2. The van der Waals surface area contributed by atoms with Crippen molar-refractivity contribution in [1.82, 2.24) is 4.90 Å². The summed E-state index contributed by atoms with van der Waals surface area (Å²) in [5.41, 5.74) is 3.72. The highest BCUT2D eigenvalue weighted by Gasteiger charge is 2.35. The second-order valence-electron chi connectivity index (χ2n) is 5.03.